The average Bonchev–Trinajstić information content (AvgIpc) is 2.55. The Hall–Kier alpha value is -2.40. The summed E-state index contributed by atoms with van der Waals surface area (Å²) >= 11 is 0. The average molecular weight is 355 g/mol. The molecule has 2 saturated heterocycles. The molecule has 5 N–H and O–H groups in total. The van der Waals surface area contributed by atoms with Gasteiger partial charge in [0.25, 0.3) is 0 Å². The molecule has 0 atom stereocenters. The second kappa shape index (κ2) is 8.62. The molecule has 2 aliphatic heterocycles. The molecule has 0 bridgehead atoms. The van der Waals surface area contributed by atoms with E-state index in [1.54, 1.807) is 19.7 Å². The predicted octanol–water partition coefficient (Wildman–Crippen LogP) is -2.85. The summed E-state index contributed by atoms with van der Waals surface area (Å²) in [6.07, 6.45) is -0.230. The maximum atomic E-state index is 12.2. The number of rotatable bonds is 5. The molecule has 140 valence electrons. The summed E-state index contributed by atoms with van der Waals surface area (Å²) in [4.78, 5) is 39.9. The van der Waals surface area contributed by atoms with Crippen molar-refractivity contribution in [3.8, 4) is 0 Å². The number of amides is 2. The highest BCUT2D eigenvalue weighted by atomic mass is 16.4. The van der Waals surface area contributed by atoms with E-state index in [-0.39, 0.29) is 30.7 Å². The number of carbonyl (C=O) groups is 3. The van der Waals surface area contributed by atoms with Crippen LogP contribution in [0.3, 0.4) is 0 Å². The normalized spacial score (nSPS) is 19.5. The molecule has 11 nitrogen and oxygen atoms in total. The minimum Gasteiger partial charge on any atom is -0.480 e. The fourth-order valence-electron chi connectivity index (χ4n) is 2.87. The van der Waals surface area contributed by atoms with Crippen molar-refractivity contribution in [2.75, 3.05) is 58.9 Å². The zero-order valence-corrected chi connectivity index (χ0v) is 14.1. The van der Waals surface area contributed by atoms with Gasteiger partial charge in [-0.25, -0.2) is 5.01 Å². The van der Waals surface area contributed by atoms with Crippen LogP contribution in [0.25, 0.3) is 0 Å². The molecular formula is C14H25N7O4. The lowest BCUT2D eigenvalue weighted by molar-refractivity contribution is -0.140. The third-order valence-corrected chi connectivity index (χ3v) is 4.30. The Morgan fingerprint density at radius 3 is 2.04 bits per heavy atom. The molecule has 2 heterocycles. The van der Waals surface area contributed by atoms with E-state index in [0.29, 0.717) is 52.4 Å². The van der Waals surface area contributed by atoms with Gasteiger partial charge >= 0.3 is 5.97 Å². The molecule has 25 heavy (non-hydrogen) atoms. The highest BCUT2D eigenvalue weighted by molar-refractivity contribution is 5.96. The first-order valence-corrected chi connectivity index (χ1v) is 8.20. The van der Waals surface area contributed by atoms with E-state index >= 15 is 0 Å². The van der Waals surface area contributed by atoms with E-state index < -0.39 is 5.97 Å². The van der Waals surface area contributed by atoms with E-state index in [2.05, 4.69) is 5.43 Å². The Bertz CT molecular complexity index is 525. The van der Waals surface area contributed by atoms with Crippen LogP contribution in [0, 0.1) is 5.41 Å². The molecule has 0 spiro atoms. The number of hydrazine groups is 1. The Balaban J connectivity index is 1.68. The van der Waals surface area contributed by atoms with Gasteiger partial charge in [-0.1, -0.05) is 0 Å². The number of guanidine groups is 1. The van der Waals surface area contributed by atoms with Crippen molar-refractivity contribution in [2.24, 2.45) is 5.73 Å². The number of nitrogens with zero attached hydrogens (tertiary/aromatic N) is 4. The topological polar surface area (TPSA) is 146 Å². The Kier molecular flexibility index (Phi) is 6.53. The SMILES string of the molecule is N=C(N)N1CCN(NC(=O)CC(=O)N2CCN(CC(=O)O)CC2)CC1. The van der Waals surface area contributed by atoms with Crippen LogP contribution in [0.2, 0.25) is 0 Å². The van der Waals surface area contributed by atoms with Gasteiger partial charge in [0.1, 0.15) is 6.42 Å². The van der Waals surface area contributed by atoms with Crippen LogP contribution in [-0.4, -0.2) is 107 Å². The molecule has 0 saturated carbocycles. The largest absolute Gasteiger partial charge is 0.480 e. The highest BCUT2D eigenvalue weighted by Crippen LogP contribution is 2.04. The molecule has 0 radical (unpaired) electrons. The van der Waals surface area contributed by atoms with Gasteiger partial charge in [-0.05, 0) is 0 Å². The Morgan fingerprint density at radius 1 is 0.960 bits per heavy atom. The monoisotopic (exact) mass is 355 g/mol. The first-order chi connectivity index (χ1) is 11.8. The first kappa shape index (κ1) is 18.9. The number of nitrogens with one attached hydrogen (secondary N) is 2. The van der Waals surface area contributed by atoms with Crippen LogP contribution in [-0.2, 0) is 14.4 Å². The van der Waals surface area contributed by atoms with Crippen LogP contribution in [0.5, 0.6) is 0 Å². The lowest BCUT2D eigenvalue weighted by Crippen LogP contribution is -2.56. The number of hydrogen-bond donors (Lipinski definition) is 4. The van der Waals surface area contributed by atoms with Gasteiger partial charge in [-0.15, -0.1) is 0 Å². The quantitative estimate of drug-likeness (QED) is 0.234. The summed E-state index contributed by atoms with van der Waals surface area (Å²) in [5.74, 6) is -1.49. The minimum atomic E-state index is -0.885. The summed E-state index contributed by atoms with van der Waals surface area (Å²) < 4.78 is 0. The number of carboxylic acid groups (broad SMARTS) is 1. The van der Waals surface area contributed by atoms with Crippen molar-refractivity contribution in [2.45, 2.75) is 6.42 Å². The van der Waals surface area contributed by atoms with Gasteiger partial charge in [0, 0.05) is 52.4 Å². The van der Waals surface area contributed by atoms with E-state index in [1.807, 2.05) is 0 Å². The lowest BCUT2D eigenvalue weighted by atomic mass is 10.2. The molecule has 2 amide bonds. The van der Waals surface area contributed by atoms with E-state index in [1.165, 1.54) is 0 Å². The standard InChI is InChI=1S/C14H25N7O4/c15-14(16)20-5-7-21(8-6-20)17-11(22)9-12(23)19-3-1-18(2-4-19)10-13(24)25/h1-10H2,(H3,15,16)(H,17,22)(H,24,25). The smallest absolute Gasteiger partial charge is 0.317 e. The van der Waals surface area contributed by atoms with Crippen molar-refractivity contribution in [1.29, 1.82) is 5.41 Å². The second-order valence-electron chi connectivity index (χ2n) is 6.12. The molecular weight excluding hydrogens is 330 g/mol. The fourth-order valence-corrected chi connectivity index (χ4v) is 2.87. The number of carbonyl (C=O) groups excluding carboxylic acids is 2. The van der Waals surface area contributed by atoms with E-state index in [4.69, 9.17) is 16.2 Å². The van der Waals surface area contributed by atoms with Crippen molar-refractivity contribution in [3.05, 3.63) is 0 Å². The van der Waals surface area contributed by atoms with Crippen LogP contribution < -0.4 is 11.2 Å². The fraction of sp³-hybridized carbons (Fsp3) is 0.714. The zero-order chi connectivity index (χ0) is 18.4. The number of nitrogens with two attached hydrogens (primary N) is 1. The Labute approximate surface area is 145 Å². The summed E-state index contributed by atoms with van der Waals surface area (Å²) in [7, 11) is 0. The molecule has 0 unspecified atom stereocenters. The van der Waals surface area contributed by atoms with Gasteiger partial charge in [0.2, 0.25) is 11.8 Å². The molecule has 0 aromatic heterocycles. The number of piperazine rings is 2. The van der Waals surface area contributed by atoms with Gasteiger partial charge < -0.3 is 20.6 Å². The number of aliphatic carboxylic acids is 1. The van der Waals surface area contributed by atoms with Gasteiger partial charge in [-0.2, -0.15) is 0 Å². The predicted molar refractivity (Wildman–Crippen MR) is 88.5 cm³/mol. The number of hydrogen-bond acceptors (Lipinski definition) is 6. The van der Waals surface area contributed by atoms with Crippen molar-refractivity contribution < 1.29 is 19.5 Å². The first-order valence-electron chi connectivity index (χ1n) is 8.20. The maximum Gasteiger partial charge on any atom is 0.317 e. The number of carboxylic acids is 1. The maximum absolute atomic E-state index is 12.2. The van der Waals surface area contributed by atoms with E-state index in [9.17, 15) is 14.4 Å². The molecule has 0 aromatic rings. The molecule has 0 aromatic carbocycles. The molecule has 2 rings (SSSR count). The highest BCUT2D eigenvalue weighted by Gasteiger charge is 2.25. The molecule has 0 aliphatic carbocycles. The van der Waals surface area contributed by atoms with Gasteiger partial charge in [-0.3, -0.25) is 30.1 Å². The van der Waals surface area contributed by atoms with Crippen molar-refractivity contribution in [1.82, 2.24) is 25.1 Å². The molecule has 11 heteroatoms. The Morgan fingerprint density at radius 2 is 1.52 bits per heavy atom. The van der Waals surface area contributed by atoms with Crippen LogP contribution in [0.1, 0.15) is 6.42 Å². The molecule has 2 fully saturated rings. The summed E-state index contributed by atoms with van der Waals surface area (Å²) in [5, 5.41) is 17.8. The van der Waals surface area contributed by atoms with Crippen LogP contribution in [0.4, 0.5) is 0 Å². The molecule has 2 aliphatic rings. The van der Waals surface area contributed by atoms with Crippen LogP contribution >= 0.6 is 0 Å². The van der Waals surface area contributed by atoms with E-state index in [0.717, 1.165) is 0 Å². The van der Waals surface area contributed by atoms with Crippen LogP contribution in [0.15, 0.2) is 0 Å². The lowest BCUT2D eigenvalue weighted by Gasteiger charge is -2.35. The second-order valence-corrected chi connectivity index (χ2v) is 6.12. The van der Waals surface area contributed by atoms with Gasteiger partial charge in [0.15, 0.2) is 5.96 Å². The van der Waals surface area contributed by atoms with Crippen molar-refractivity contribution in [3.63, 3.8) is 0 Å². The van der Waals surface area contributed by atoms with Gasteiger partial charge in [0.05, 0.1) is 6.54 Å². The third-order valence-electron chi connectivity index (χ3n) is 4.30. The zero-order valence-electron chi connectivity index (χ0n) is 14.1. The minimum absolute atomic E-state index is 0.0168. The summed E-state index contributed by atoms with van der Waals surface area (Å²) in [6, 6.07) is 0. The summed E-state index contributed by atoms with van der Waals surface area (Å²) in [6.45, 7) is 3.98. The third kappa shape index (κ3) is 5.87. The summed E-state index contributed by atoms with van der Waals surface area (Å²) in [5.41, 5.74) is 8.12. The van der Waals surface area contributed by atoms with Crippen molar-refractivity contribution >= 4 is 23.7 Å².